The monoisotopic (exact) mass is 349 g/mol. The molecule has 1 atom stereocenters. The molecule has 0 radical (unpaired) electrons. The zero-order valence-electron chi connectivity index (χ0n) is 13.4. The Balaban J connectivity index is 1.82. The van der Waals surface area contributed by atoms with Gasteiger partial charge >= 0.3 is 0 Å². The van der Waals surface area contributed by atoms with Gasteiger partial charge in [0.25, 0.3) is 5.91 Å². The highest BCUT2D eigenvalue weighted by Gasteiger charge is 2.25. The SMILES string of the molecule is C[C@@]1(c2cccc(NC(=O)c3ccc(C#N)cn3)c2)C=CSC(N)=N1. The molecule has 0 unspecified atom stereocenters. The van der Waals surface area contributed by atoms with E-state index in [0.29, 0.717) is 16.4 Å². The van der Waals surface area contributed by atoms with E-state index in [1.54, 1.807) is 12.1 Å². The Morgan fingerprint density at radius 2 is 2.20 bits per heavy atom. The summed E-state index contributed by atoms with van der Waals surface area (Å²) < 4.78 is 0. The van der Waals surface area contributed by atoms with Crippen LogP contribution in [0.25, 0.3) is 0 Å². The molecule has 3 rings (SSSR count). The number of pyridine rings is 1. The third kappa shape index (κ3) is 3.70. The second-order valence-corrected chi connectivity index (χ2v) is 6.52. The average molecular weight is 349 g/mol. The number of hydrogen-bond donors (Lipinski definition) is 2. The van der Waals surface area contributed by atoms with Crippen molar-refractivity contribution >= 4 is 28.5 Å². The van der Waals surface area contributed by atoms with E-state index in [0.717, 1.165) is 5.56 Å². The Morgan fingerprint density at radius 3 is 2.88 bits per heavy atom. The summed E-state index contributed by atoms with van der Waals surface area (Å²) in [7, 11) is 0. The fraction of sp³-hybridized carbons (Fsp3) is 0.111. The first-order valence-electron chi connectivity index (χ1n) is 7.48. The Hall–Kier alpha value is -3.11. The summed E-state index contributed by atoms with van der Waals surface area (Å²) in [6, 6.07) is 12.5. The molecule has 2 heterocycles. The Kier molecular flexibility index (Phi) is 4.55. The molecule has 3 N–H and O–H groups in total. The third-order valence-corrected chi connectivity index (χ3v) is 4.36. The van der Waals surface area contributed by atoms with Crippen LogP contribution in [0.1, 0.15) is 28.5 Å². The molecule has 1 aliphatic heterocycles. The zero-order valence-corrected chi connectivity index (χ0v) is 14.2. The van der Waals surface area contributed by atoms with Gasteiger partial charge in [-0.15, -0.1) is 0 Å². The minimum absolute atomic E-state index is 0.242. The third-order valence-electron chi connectivity index (χ3n) is 3.75. The van der Waals surface area contributed by atoms with Gasteiger partial charge in [0.05, 0.1) is 5.56 Å². The smallest absolute Gasteiger partial charge is 0.274 e. The van der Waals surface area contributed by atoms with Crippen LogP contribution in [0, 0.1) is 11.3 Å². The van der Waals surface area contributed by atoms with E-state index in [1.807, 2.05) is 42.7 Å². The highest BCUT2D eigenvalue weighted by Crippen LogP contribution is 2.33. The number of nitrogens with zero attached hydrogens (tertiary/aromatic N) is 3. The van der Waals surface area contributed by atoms with Gasteiger partial charge in [0.1, 0.15) is 17.3 Å². The van der Waals surface area contributed by atoms with Gasteiger partial charge in [0.15, 0.2) is 5.17 Å². The van der Waals surface area contributed by atoms with Crippen molar-refractivity contribution in [3.05, 3.63) is 70.9 Å². The Bertz CT molecular complexity index is 914. The van der Waals surface area contributed by atoms with Crippen molar-refractivity contribution < 1.29 is 4.79 Å². The molecule has 1 aromatic heterocycles. The summed E-state index contributed by atoms with van der Waals surface area (Å²) in [5.74, 6) is -0.343. The first-order valence-corrected chi connectivity index (χ1v) is 8.36. The van der Waals surface area contributed by atoms with E-state index >= 15 is 0 Å². The number of rotatable bonds is 3. The number of aliphatic imine (C=N–C) groups is 1. The molecular formula is C18H15N5OS. The molecule has 0 bridgehead atoms. The minimum Gasteiger partial charge on any atom is -0.378 e. The lowest BCUT2D eigenvalue weighted by molar-refractivity contribution is 0.102. The summed E-state index contributed by atoms with van der Waals surface area (Å²) in [4.78, 5) is 20.8. The lowest BCUT2D eigenvalue weighted by Gasteiger charge is -2.25. The molecule has 0 fully saturated rings. The molecule has 1 aromatic carbocycles. The minimum atomic E-state index is -0.567. The first kappa shape index (κ1) is 16.7. The average Bonchev–Trinajstić information content (AvgIpc) is 2.62. The second kappa shape index (κ2) is 6.79. The molecule has 0 saturated carbocycles. The van der Waals surface area contributed by atoms with E-state index in [2.05, 4.69) is 15.3 Å². The summed E-state index contributed by atoms with van der Waals surface area (Å²) >= 11 is 1.38. The number of carbonyl (C=O) groups excluding carboxylic acids is 1. The predicted molar refractivity (Wildman–Crippen MR) is 99.1 cm³/mol. The molecule has 25 heavy (non-hydrogen) atoms. The van der Waals surface area contributed by atoms with Gasteiger partial charge in [-0.1, -0.05) is 23.9 Å². The largest absolute Gasteiger partial charge is 0.378 e. The molecule has 0 aliphatic carbocycles. The van der Waals surface area contributed by atoms with Crippen molar-refractivity contribution in [3.8, 4) is 6.07 Å². The van der Waals surface area contributed by atoms with E-state index < -0.39 is 5.54 Å². The number of nitriles is 1. The van der Waals surface area contributed by atoms with Crippen LogP contribution >= 0.6 is 11.8 Å². The van der Waals surface area contributed by atoms with Gasteiger partial charge in [0.2, 0.25) is 0 Å². The Labute approximate surface area is 149 Å². The molecule has 6 nitrogen and oxygen atoms in total. The van der Waals surface area contributed by atoms with Gasteiger partial charge < -0.3 is 11.1 Å². The van der Waals surface area contributed by atoms with Crippen molar-refractivity contribution in [3.63, 3.8) is 0 Å². The number of nitrogens with two attached hydrogens (primary N) is 1. The predicted octanol–water partition coefficient (Wildman–Crippen LogP) is 3.00. The van der Waals surface area contributed by atoms with Gasteiger partial charge in [-0.05, 0) is 48.2 Å². The fourth-order valence-electron chi connectivity index (χ4n) is 2.39. The summed E-state index contributed by atoms with van der Waals surface area (Å²) in [5.41, 5.74) is 7.46. The maximum atomic E-state index is 12.3. The maximum Gasteiger partial charge on any atom is 0.274 e. The van der Waals surface area contributed by atoms with E-state index in [9.17, 15) is 4.79 Å². The first-order chi connectivity index (χ1) is 12.0. The topological polar surface area (TPSA) is 104 Å². The molecule has 0 spiro atoms. The lowest BCUT2D eigenvalue weighted by atomic mass is 9.92. The number of thioether (sulfide) groups is 1. The van der Waals surface area contributed by atoms with Crippen molar-refractivity contribution in [2.75, 3.05) is 5.32 Å². The summed E-state index contributed by atoms with van der Waals surface area (Å²) in [5, 5.41) is 14.0. The molecule has 1 amide bonds. The van der Waals surface area contributed by atoms with Crippen molar-refractivity contribution in [2.24, 2.45) is 10.7 Å². The number of carbonyl (C=O) groups is 1. The lowest BCUT2D eigenvalue weighted by Crippen LogP contribution is -2.23. The number of nitrogens with one attached hydrogen (secondary N) is 1. The van der Waals surface area contributed by atoms with Gasteiger partial charge in [-0.3, -0.25) is 4.79 Å². The van der Waals surface area contributed by atoms with Crippen LogP contribution in [0.4, 0.5) is 5.69 Å². The number of anilines is 1. The van der Waals surface area contributed by atoms with Gasteiger partial charge in [-0.2, -0.15) is 5.26 Å². The summed E-state index contributed by atoms with van der Waals surface area (Å²) in [6.07, 6.45) is 3.34. The van der Waals surface area contributed by atoms with Gasteiger partial charge in [-0.25, -0.2) is 9.98 Å². The van der Waals surface area contributed by atoms with Crippen LogP contribution in [0.15, 0.2) is 59.1 Å². The van der Waals surface area contributed by atoms with Crippen LogP contribution < -0.4 is 11.1 Å². The van der Waals surface area contributed by atoms with Crippen molar-refractivity contribution in [2.45, 2.75) is 12.5 Å². The van der Waals surface area contributed by atoms with Crippen molar-refractivity contribution in [1.29, 1.82) is 5.26 Å². The van der Waals surface area contributed by atoms with Crippen LogP contribution in [-0.2, 0) is 5.54 Å². The fourth-order valence-corrected chi connectivity index (χ4v) is 3.11. The second-order valence-electron chi connectivity index (χ2n) is 5.60. The highest BCUT2D eigenvalue weighted by molar-refractivity contribution is 8.16. The molecule has 0 saturated heterocycles. The molecule has 124 valence electrons. The summed E-state index contributed by atoms with van der Waals surface area (Å²) in [6.45, 7) is 1.96. The maximum absolute atomic E-state index is 12.3. The van der Waals surface area contributed by atoms with Crippen LogP contribution in [0.3, 0.4) is 0 Å². The Morgan fingerprint density at radius 1 is 1.36 bits per heavy atom. The van der Waals surface area contributed by atoms with E-state index in [1.165, 1.54) is 24.0 Å². The van der Waals surface area contributed by atoms with Crippen molar-refractivity contribution in [1.82, 2.24) is 4.98 Å². The molecular weight excluding hydrogens is 334 g/mol. The number of amidine groups is 1. The number of amides is 1. The van der Waals surface area contributed by atoms with Crippen LogP contribution in [-0.4, -0.2) is 16.1 Å². The number of benzene rings is 1. The van der Waals surface area contributed by atoms with Crippen LogP contribution in [0.2, 0.25) is 0 Å². The van der Waals surface area contributed by atoms with E-state index in [4.69, 9.17) is 11.0 Å². The molecule has 1 aliphatic rings. The molecule has 2 aromatic rings. The standard InChI is InChI=1S/C18H15N5OS/c1-18(7-8-25-17(20)23-18)13-3-2-4-14(9-13)22-16(24)15-6-5-12(10-19)11-21-15/h2-9,11H,1H3,(H2,20,23)(H,22,24)/t18-/m0/s1. The van der Waals surface area contributed by atoms with Gasteiger partial charge in [0, 0.05) is 11.9 Å². The van der Waals surface area contributed by atoms with E-state index in [-0.39, 0.29) is 11.6 Å². The quantitative estimate of drug-likeness (QED) is 0.886. The van der Waals surface area contributed by atoms with Crippen LogP contribution in [0.5, 0.6) is 0 Å². The zero-order chi connectivity index (χ0) is 17.9. The highest BCUT2D eigenvalue weighted by atomic mass is 32.2. The normalized spacial score (nSPS) is 19.0. The molecule has 7 heteroatoms. The number of hydrogen-bond acceptors (Lipinski definition) is 6. The number of aromatic nitrogens is 1.